The van der Waals surface area contributed by atoms with Crippen molar-refractivity contribution in [1.82, 2.24) is 10.9 Å². The second-order valence-corrected chi connectivity index (χ2v) is 6.71. The van der Waals surface area contributed by atoms with Gasteiger partial charge in [0, 0.05) is 11.4 Å². The number of nitrogens with one attached hydrogen (secondary N) is 4. The molecule has 0 radical (unpaired) electrons. The summed E-state index contributed by atoms with van der Waals surface area (Å²) >= 11 is 5.19. The van der Waals surface area contributed by atoms with Crippen molar-refractivity contribution in [2.24, 2.45) is 0 Å². The lowest BCUT2D eigenvalue weighted by Gasteiger charge is -2.15. The van der Waals surface area contributed by atoms with Crippen LogP contribution in [0.2, 0.25) is 0 Å². The molecular weight excluding hydrogens is 344 g/mol. The van der Waals surface area contributed by atoms with Crippen LogP contribution in [0.4, 0.5) is 11.4 Å². The Morgan fingerprint density at radius 1 is 1.00 bits per heavy atom. The number of amides is 1. The number of anilines is 2. The highest BCUT2D eigenvalue weighted by molar-refractivity contribution is 7.80. The number of thiocarbonyl (C=S) groups is 1. The minimum atomic E-state index is -0.199. The minimum absolute atomic E-state index is 0.158. The SMILES string of the molecule is CCc1ccc(NC(=S)NNC(=O)CNc2c(C)cc(C)cc2C)cc1. The Balaban J connectivity index is 1.78. The molecule has 0 aliphatic rings. The quantitative estimate of drug-likeness (QED) is 0.478. The first kappa shape index (κ1) is 19.7. The number of carbonyl (C=O) groups excluding carboxylic acids is 1. The van der Waals surface area contributed by atoms with Crippen LogP contribution in [0, 0.1) is 20.8 Å². The van der Waals surface area contributed by atoms with E-state index in [1.807, 2.05) is 38.1 Å². The van der Waals surface area contributed by atoms with Crippen LogP contribution in [0.3, 0.4) is 0 Å². The van der Waals surface area contributed by atoms with E-state index < -0.39 is 0 Å². The molecule has 1 amide bonds. The van der Waals surface area contributed by atoms with Gasteiger partial charge in [0.2, 0.25) is 0 Å². The van der Waals surface area contributed by atoms with Gasteiger partial charge in [-0.25, -0.2) is 0 Å². The van der Waals surface area contributed by atoms with E-state index in [1.54, 1.807) is 0 Å². The molecule has 0 atom stereocenters. The van der Waals surface area contributed by atoms with Crippen LogP contribution < -0.4 is 21.5 Å². The van der Waals surface area contributed by atoms with Gasteiger partial charge in [0.05, 0.1) is 6.54 Å². The molecule has 2 rings (SSSR count). The van der Waals surface area contributed by atoms with Crippen molar-refractivity contribution in [3.8, 4) is 0 Å². The van der Waals surface area contributed by atoms with Gasteiger partial charge in [-0.2, -0.15) is 0 Å². The molecule has 0 aliphatic carbocycles. The summed E-state index contributed by atoms with van der Waals surface area (Å²) in [5.41, 5.74) is 11.9. The van der Waals surface area contributed by atoms with Crippen LogP contribution in [0.15, 0.2) is 36.4 Å². The van der Waals surface area contributed by atoms with E-state index in [2.05, 4.69) is 47.5 Å². The van der Waals surface area contributed by atoms with E-state index in [9.17, 15) is 4.79 Å². The van der Waals surface area contributed by atoms with Gasteiger partial charge in [0.25, 0.3) is 5.91 Å². The number of aryl methyl sites for hydroxylation is 4. The fourth-order valence-electron chi connectivity index (χ4n) is 2.78. The Labute approximate surface area is 160 Å². The van der Waals surface area contributed by atoms with Crippen molar-refractivity contribution >= 4 is 34.6 Å². The zero-order chi connectivity index (χ0) is 19.1. The molecule has 138 valence electrons. The Bertz CT molecular complexity index is 764. The molecule has 0 aliphatic heterocycles. The Kier molecular flexibility index (Phi) is 6.97. The molecule has 0 spiro atoms. The molecule has 0 unspecified atom stereocenters. The van der Waals surface area contributed by atoms with Crippen molar-refractivity contribution in [3.05, 3.63) is 58.7 Å². The van der Waals surface area contributed by atoms with Gasteiger partial charge >= 0.3 is 0 Å². The number of hydrogen-bond donors (Lipinski definition) is 4. The molecular formula is C20H26N4OS. The first-order valence-electron chi connectivity index (χ1n) is 8.65. The molecule has 26 heavy (non-hydrogen) atoms. The molecule has 4 N–H and O–H groups in total. The third-order valence-corrected chi connectivity index (χ3v) is 4.24. The lowest BCUT2D eigenvalue weighted by Crippen LogP contribution is -2.45. The van der Waals surface area contributed by atoms with Gasteiger partial charge in [-0.1, -0.05) is 36.8 Å². The predicted molar refractivity (Wildman–Crippen MR) is 112 cm³/mol. The van der Waals surface area contributed by atoms with E-state index >= 15 is 0 Å². The summed E-state index contributed by atoms with van der Waals surface area (Å²) in [5, 5.41) is 6.55. The number of hydrogen-bond acceptors (Lipinski definition) is 3. The van der Waals surface area contributed by atoms with Crippen LogP contribution in [-0.4, -0.2) is 17.6 Å². The lowest BCUT2D eigenvalue weighted by molar-refractivity contribution is -0.119. The third kappa shape index (κ3) is 5.74. The third-order valence-electron chi connectivity index (χ3n) is 4.04. The molecule has 0 saturated carbocycles. The molecule has 0 aromatic heterocycles. The summed E-state index contributed by atoms with van der Waals surface area (Å²) in [6, 6.07) is 12.2. The van der Waals surface area contributed by atoms with Gasteiger partial charge < -0.3 is 10.6 Å². The van der Waals surface area contributed by atoms with Gasteiger partial charge in [-0.15, -0.1) is 0 Å². The molecule has 0 saturated heterocycles. The summed E-state index contributed by atoms with van der Waals surface area (Å²) in [6.07, 6.45) is 0.992. The summed E-state index contributed by atoms with van der Waals surface area (Å²) in [7, 11) is 0. The standard InChI is InChI=1S/C20H26N4OS/c1-5-16-6-8-17(9-7-16)22-20(26)24-23-18(25)12-21-19-14(3)10-13(2)11-15(19)4/h6-11,21H,5,12H2,1-4H3,(H,23,25)(H2,22,24,26). The minimum Gasteiger partial charge on any atom is -0.376 e. The van der Waals surface area contributed by atoms with Gasteiger partial charge in [-0.3, -0.25) is 15.6 Å². The molecule has 5 nitrogen and oxygen atoms in total. The highest BCUT2D eigenvalue weighted by Crippen LogP contribution is 2.21. The number of hydrazine groups is 1. The van der Waals surface area contributed by atoms with Crippen molar-refractivity contribution in [2.75, 3.05) is 17.2 Å². The largest absolute Gasteiger partial charge is 0.376 e. The van der Waals surface area contributed by atoms with Crippen molar-refractivity contribution in [1.29, 1.82) is 0 Å². The Morgan fingerprint density at radius 2 is 1.62 bits per heavy atom. The second-order valence-electron chi connectivity index (χ2n) is 6.31. The van der Waals surface area contributed by atoms with Crippen LogP contribution >= 0.6 is 12.2 Å². The number of benzene rings is 2. The Morgan fingerprint density at radius 3 is 2.19 bits per heavy atom. The summed E-state index contributed by atoms with van der Waals surface area (Å²) in [6.45, 7) is 8.39. The van der Waals surface area contributed by atoms with E-state index in [-0.39, 0.29) is 12.5 Å². The zero-order valence-electron chi connectivity index (χ0n) is 15.7. The van der Waals surface area contributed by atoms with Gasteiger partial charge in [0.1, 0.15) is 0 Å². The van der Waals surface area contributed by atoms with E-state index in [0.717, 1.165) is 28.9 Å². The second kappa shape index (κ2) is 9.20. The van der Waals surface area contributed by atoms with Gasteiger partial charge in [0.15, 0.2) is 5.11 Å². The van der Waals surface area contributed by atoms with E-state index in [1.165, 1.54) is 11.1 Å². The van der Waals surface area contributed by atoms with Crippen LogP contribution in [0.1, 0.15) is 29.2 Å². The van der Waals surface area contributed by atoms with Crippen LogP contribution in [-0.2, 0) is 11.2 Å². The van der Waals surface area contributed by atoms with Crippen molar-refractivity contribution < 1.29 is 4.79 Å². The molecule has 2 aromatic carbocycles. The molecule has 0 heterocycles. The fraction of sp³-hybridized carbons (Fsp3) is 0.300. The summed E-state index contributed by atoms with van der Waals surface area (Å²) in [4.78, 5) is 12.0. The van der Waals surface area contributed by atoms with Crippen molar-refractivity contribution in [2.45, 2.75) is 34.1 Å². The normalized spacial score (nSPS) is 10.2. The average molecular weight is 371 g/mol. The predicted octanol–water partition coefficient (Wildman–Crippen LogP) is 3.60. The smallest absolute Gasteiger partial charge is 0.257 e. The van der Waals surface area contributed by atoms with Crippen LogP contribution in [0.5, 0.6) is 0 Å². The molecule has 0 bridgehead atoms. The summed E-state index contributed by atoms with van der Waals surface area (Å²) in [5.74, 6) is -0.199. The maximum absolute atomic E-state index is 12.0. The maximum atomic E-state index is 12.0. The Hall–Kier alpha value is -2.60. The molecule has 2 aromatic rings. The van der Waals surface area contributed by atoms with E-state index in [0.29, 0.717) is 5.11 Å². The highest BCUT2D eigenvalue weighted by Gasteiger charge is 2.07. The van der Waals surface area contributed by atoms with Crippen molar-refractivity contribution in [3.63, 3.8) is 0 Å². The van der Waals surface area contributed by atoms with Crippen LogP contribution in [0.25, 0.3) is 0 Å². The molecule has 6 heteroatoms. The fourth-order valence-corrected chi connectivity index (χ4v) is 2.95. The monoisotopic (exact) mass is 370 g/mol. The first-order valence-corrected chi connectivity index (χ1v) is 9.06. The maximum Gasteiger partial charge on any atom is 0.257 e. The summed E-state index contributed by atoms with van der Waals surface area (Å²) < 4.78 is 0. The first-order chi connectivity index (χ1) is 12.4. The average Bonchev–Trinajstić information content (AvgIpc) is 2.59. The lowest BCUT2D eigenvalue weighted by atomic mass is 10.1. The molecule has 0 fully saturated rings. The number of carbonyl (C=O) groups is 1. The van der Waals surface area contributed by atoms with E-state index in [4.69, 9.17) is 12.2 Å². The topological polar surface area (TPSA) is 65.2 Å². The van der Waals surface area contributed by atoms with Gasteiger partial charge in [-0.05, 0) is 68.2 Å². The highest BCUT2D eigenvalue weighted by atomic mass is 32.1. The number of rotatable bonds is 5. The zero-order valence-corrected chi connectivity index (χ0v) is 16.5.